The summed E-state index contributed by atoms with van der Waals surface area (Å²) in [6, 6.07) is 0. The molecule has 0 aromatic carbocycles. The SMILES string of the molecule is COCCn1c(C[NH+]2CCC[C@H](C)C2)nc2c1c(=O)n(C)c(=O)n2C. The van der Waals surface area contributed by atoms with Gasteiger partial charge in [0.25, 0.3) is 5.56 Å². The maximum Gasteiger partial charge on any atom is 0.332 e. The monoisotopic (exact) mass is 350 g/mol. The summed E-state index contributed by atoms with van der Waals surface area (Å²) in [5, 5.41) is 0. The number of ether oxygens (including phenoxy) is 1. The number of likely N-dealkylation sites (tertiary alicyclic amines) is 1. The molecule has 25 heavy (non-hydrogen) atoms. The van der Waals surface area contributed by atoms with Crippen LogP contribution in [-0.4, -0.2) is 45.5 Å². The van der Waals surface area contributed by atoms with E-state index >= 15 is 0 Å². The van der Waals surface area contributed by atoms with Crippen molar-refractivity contribution in [2.24, 2.45) is 20.0 Å². The third kappa shape index (κ3) is 3.28. The van der Waals surface area contributed by atoms with Crippen molar-refractivity contribution in [1.29, 1.82) is 0 Å². The maximum absolute atomic E-state index is 12.7. The second kappa shape index (κ2) is 7.13. The number of aromatic nitrogens is 4. The fourth-order valence-corrected chi connectivity index (χ4v) is 3.83. The van der Waals surface area contributed by atoms with Crippen molar-refractivity contribution in [3.05, 3.63) is 26.7 Å². The van der Waals surface area contributed by atoms with E-state index in [-0.39, 0.29) is 11.2 Å². The summed E-state index contributed by atoms with van der Waals surface area (Å²) in [4.78, 5) is 31.1. The third-order valence-electron chi connectivity index (χ3n) is 5.22. The van der Waals surface area contributed by atoms with Gasteiger partial charge in [-0.1, -0.05) is 6.92 Å². The third-order valence-corrected chi connectivity index (χ3v) is 5.22. The minimum absolute atomic E-state index is 0.296. The Balaban J connectivity index is 2.10. The first-order chi connectivity index (χ1) is 11.9. The number of hydrogen-bond acceptors (Lipinski definition) is 4. The van der Waals surface area contributed by atoms with Crippen molar-refractivity contribution in [2.75, 3.05) is 26.8 Å². The first-order valence-electron chi connectivity index (χ1n) is 8.91. The number of nitrogens with zero attached hydrogens (tertiary/aromatic N) is 4. The van der Waals surface area contributed by atoms with Crippen LogP contribution in [0, 0.1) is 5.92 Å². The summed E-state index contributed by atoms with van der Waals surface area (Å²) in [6.45, 7) is 6.33. The van der Waals surface area contributed by atoms with Gasteiger partial charge in [-0.3, -0.25) is 13.9 Å². The van der Waals surface area contributed by atoms with Crippen molar-refractivity contribution >= 4 is 11.2 Å². The van der Waals surface area contributed by atoms with E-state index in [4.69, 9.17) is 4.74 Å². The van der Waals surface area contributed by atoms with Gasteiger partial charge in [0.05, 0.1) is 19.7 Å². The maximum atomic E-state index is 12.7. The topological polar surface area (TPSA) is 75.5 Å². The molecule has 2 aromatic rings. The molecular weight excluding hydrogens is 322 g/mol. The highest BCUT2D eigenvalue weighted by atomic mass is 16.5. The number of fused-ring (bicyclic) bond motifs is 1. The van der Waals surface area contributed by atoms with Crippen molar-refractivity contribution in [2.45, 2.75) is 32.9 Å². The molecule has 2 atom stereocenters. The van der Waals surface area contributed by atoms with Gasteiger partial charge in [-0.25, -0.2) is 9.78 Å². The van der Waals surface area contributed by atoms with Crippen molar-refractivity contribution < 1.29 is 9.64 Å². The van der Waals surface area contributed by atoms with Crippen molar-refractivity contribution in [3.63, 3.8) is 0 Å². The smallest absolute Gasteiger partial charge is 0.332 e. The number of hydrogen-bond donors (Lipinski definition) is 1. The molecule has 138 valence electrons. The molecule has 0 radical (unpaired) electrons. The van der Waals surface area contributed by atoms with Gasteiger partial charge in [0.1, 0.15) is 6.54 Å². The molecule has 0 saturated carbocycles. The van der Waals surface area contributed by atoms with Crippen LogP contribution < -0.4 is 16.1 Å². The predicted octanol–water partition coefficient (Wildman–Crippen LogP) is -1.11. The van der Waals surface area contributed by atoms with E-state index < -0.39 is 0 Å². The van der Waals surface area contributed by atoms with E-state index in [1.54, 1.807) is 14.2 Å². The number of methoxy groups -OCH3 is 1. The Bertz CT molecular complexity index is 879. The van der Waals surface area contributed by atoms with Gasteiger partial charge in [0.15, 0.2) is 17.0 Å². The lowest BCUT2D eigenvalue weighted by molar-refractivity contribution is -0.922. The molecule has 0 bridgehead atoms. The second-order valence-electron chi connectivity index (χ2n) is 7.18. The molecule has 2 aromatic heterocycles. The molecule has 1 saturated heterocycles. The summed E-state index contributed by atoms with van der Waals surface area (Å²) in [6.07, 6.45) is 2.49. The Morgan fingerprint density at radius 3 is 2.72 bits per heavy atom. The lowest BCUT2D eigenvalue weighted by atomic mass is 10.0. The zero-order chi connectivity index (χ0) is 18.1. The van der Waals surface area contributed by atoms with Crippen LogP contribution in [0.1, 0.15) is 25.6 Å². The first kappa shape index (κ1) is 17.9. The Kier molecular flexibility index (Phi) is 5.10. The molecule has 0 spiro atoms. The molecule has 1 fully saturated rings. The normalized spacial score (nSPS) is 21.1. The van der Waals surface area contributed by atoms with Gasteiger partial charge in [-0.05, 0) is 12.8 Å². The van der Waals surface area contributed by atoms with Crippen LogP contribution in [0.15, 0.2) is 9.59 Å². The van der Waals surface area contributed by atoms with E-state index in [1.807, 2.05) is 4.57 Å². The van der Waals surface area contributed by atoms with E-state index in [0.717, 1.165) is 30.0 Å². The van der Waals surface area contributed by atoms with Crippen LogP contribution in [0.4, 0.5) is 0 Å². The molecule has 1 N–H and O–H groups in total. The molecule has 1 aliphatic heterocycles. The van der Waals surface area contributed by atoms with E-state index in [0.29, 0.717) is 30.2 Å². The molecule has 3 rings (SSSR count). The summed E-state index contributed by atoms with van der Waals surface area (Å²) < 4.78 is 9.76. The number of piperidine rings is 1. The average Bonchev–Trinajstić information content (AvgIpc) is 2.94. The zero-order valence-electron chi connectivity index (χ0n) is 15.5. The Labute approximate surface area is 146 Å². The highest BCUT2D eigenvalue weighted by molar-refractivity contribution is 5.71. The molecule has 0 aliphatic carbocycles. The van der Waals surface area contributed by atoms with Gasteiger partial charge in [0, 0.05) is 33.7 Å². The highest BCUT2D eigenvalue weighted by Gasteiger charge is 2.25. The van der Waals surface area contributed by atoms with Gasteiger partial charge in [0.2, 0.25) is 0 Å². The predicted molar refractivity (Wildman–Crippen MR) is 94.9 cm³/mol. The first-order valence-corrected chi connectivity index (χ1v) is 8.91. The fourth-order valence-electron chi connectivity index (χ4n) is 3.83. The molecule has 8 heteroatoms. The van der Waals surface area contributed by atoms with E-state index in [9.17, 15) is 9.59 Å². The van der Waals surface area contributed by atoms with Crippen LogP contribution >= 0.6 is 0 Å². The van der Waals surface area contributed by atoms with Crippen LogP contribution in [0.5, 0.6) is 0 Å². The molecule has 1 unspecified atom stereocenters. The number of quaternary nitrogens is 1. The number of rotatable bonds is 5. The molecule has 1 aliphatic rings. The van der Waals surface area contributed by atoms with Crippen molar-refractivity contribution in [1.82, 2.24) is 18.7 Å². The largest absolute Gasteiger partial charge is 0.383 e. The lowest BCUT2D eigenvalue weighted by Gasteiger charge is -2.27. The van der Waals surface area contributed by atoms with Crippen LogP contribution in [0.2, 0.25) is 0 Å². The highest BCUT2D eigenvalue weighted by Crippen LogP contribution is 2.12. The lowest BCUT2D eigenvalue weighted by Crippen LogP contribution is -3.12. The van der Waals surface area contributed by atoms with E-state index in [2.05, 4.69) is 11.9 Å². The summed E-state index contributed by atoms with van der Waals surface area (Å²) in [5.74, 6) is 1.56. The van der Waals surface area contributed by atoms with Crippen LogP contribution in [-0.2, 0) is 31.9 Å². The van der Waals surface area contributed by atoms with Gasteiger partial charge in [-0.2, -0.15) is 0 Å². The Morgan fingerprint density at radius 1 is 1.28 bits per heavy atom. The number of aryl methyl sites for hydroxylation is 1. The zero-order valence-corrected chi connectivity index (χ0v) is 15.5. The van der Waals surface area contributed by atoms with Crippen LogP contribution in [0.3, 0.4) is 0 Å². The molecular formula is C17H28N5O3+. The molecule has 3 heterocycles. The quantitative estimate of drug-likeness (QED) is 0.742. The van der Waals surface area contributed by atoms with Gasteiger partial charge in [-0.15, -0.1) is 0 Å². The van der Waals surface area contributed by atoms with Crippen LogP contribution in [0.25, 0.3) is 11.2 Å². The Hall–Kier alpha value is -1.93. The standard InChI is InChI=1S/C17H27N5O3/c1-12-6-5-7-21(10-12)11-13-18-15-14(22(13)8-9-25-4)16(23)20(3)17(24)19(15)2/h12H,5-11H2,1-4H3/p+1/t12-/m0/s1. The van der Waals surface area contributed by atoms with Crippen molar-refractivity contribution in [3.8, 4) is 0 Å². The molecule has 0 amide bonds. The summed E-state index contributed by atoms with van der Waals surface area (Å²) in [5.41, 5.74) is 0.305. The minimum Gasteiger partial charge on any atom is -0.383 e. The van der Waals surface area contributed by atoms with E-state index in [1.165, 1.54) is 29.4 Å². The Morgan fingerprint density at radius 2 is 2.04 bits per heavy atom. The molecule has 8 nitrogen and oxygen atoms in total. The van der Waals surface area contributed by atoms with Gasteiger partial charge >= 0.3 is 5.69 Å². The second-order valence-corrected chi connectivity index (χ2v) is 7.18. The average molecular weight is 350 g/mol. The number of imidazole rings is 1. The fraction of sp³-hybridized carbons (Fsp3) is 0.706. The minimum atomic E-state index is -0.348. The number of nitrogens with one attached hydrogen (secondary N) is 1. The van der Waals surface area contributed by atoms with Gasteiger partial charge < -0.3 is 14.2 Å². The summed E-state index contributed by atoms with van der Waals surface area (Å²) >= 11 is 0. The summed E-state index contributed by atoms with van der Waals surface area (Å²) in [7, 11) is 4.82.